The average molecular weight is 488 g/mol. The van der Waals surface area contributed by atoms with Crippen molar-refractivity contribution in [3.05, 3.63) is 29.8 Å². The zero-order chi connectivity index (χ0) is 18.6. The minimum Gasteiger partial charge on any atom is -0.496 e. The summed E-state index contributed by atoms with van der Waals surface area (Å²) in [5.41, 5.74) is 1.22. The van der Waals surface area contributed by atoms with E-state index in [0.717, 1.165) is 43.7 Å². The topological polar surface area (TPSA) is 48.9 Å². The molecule has 0 aromatic heterocycles. The molecule has 0 unspecified atom stereocenters. The van der Waals surface area contributed by atoms with Crippen molar-refractivity contribution in [2.75, 3.05) is 46.4 Å². The Balaban J connectivity index is 0.00000364. The second-order valence-electron chi connectivity index (χ2n) is 6.92. The van der Waals surface area contributed by atoms with Gasteiger partial charge in [-0.1, -0.05) is 25.1 Å². The monoisotopic (exact) mass is 488 g/mol. The fourth-order valence-electron chi connectivity index (χ4n) is 3.52. The third-order valence-corrected chi connectivity index (χ3v) is 5.19. The molecule has 154 valence electrons. The van der Waals surface area contributed by atoms with E-state index in [-0.39, 0.29) is 24.0 Å². The summed E-state index contributed by atoms with van der Waals surface area (Å²) in [4.78, 5) is 7.31. The van der Waals surface area contributed by atoms with E-state index in [4.69, 9.17) is 9.73 Å². The van der Waals surface area contributed by atoms with Gasteiger partial charge in [0.25, 0.3) is 0 Å². The molecule has 1 aliphatic rings. The first kappa shape index (κ1) is 24.0. The van der Waals surface area contributed by atoms with Crippen molar-refractivity contribution in [1.29, 1.82) is 0 Å². The maximum Gasteiger partial charge on any atom is 0.191 e. The molecule has 0 atom stereocenters. The van der Waals surface area contributed by atoms with Crippen molar-refractivity contribution in [2.24, 2.45) is 10.9 Å². The van der Waals surface area contributed by atoms with Gasteiger partial charge in [0.05, 0.1) is 7.11 Å². The fourth-order valence-corrected chi connectivity index (χ4v) is 3.52. The van der Waals surface area contributed by atoms with Crippen LogP contribution in [0.25, 0.3) is 0 Å². The van der Waals surface area contributed by atoms with Crippen molar-refractivity contribution in [3.8, 4) is 5.75 Å². The van der Waals surface area contributed by atoms with Crippen LogP contribution in [-0.2, 0) is 6.42 Å². The van der Waals surface area contributed by atoms with Crippen LogP contribution in [0.1, 0.15) is 38.7 Å². The molecule has 0 amide bonds. The molecule has 0 spiro atoms. The van der Waals surface area contributed by atoms with E-state index in [1.165, 1.54) is 44.5 Å². The summed E-state index contributed by atoms with van der Waals surface area (Å²) in [5.74, 6) is 2.71. The Morgan fingerprint density at radius 3 is 2.59 bits per heavy atom. The maximum atomic E-state index is 5.42. The van der Waals surface area contributed by atoms with Gasteiger partial charge in [0.2, 0.25) is 0 Å². The van der Waals surface area contributed by atoms with Crippen LogP contribution in [0.3, 0.4) is 0 Å². The molecule has 1 aliphatic heterocycles. The quantitative estimate of drug-likeness (QED) is 0.317. The van der Waals surface area contributed by atoms with Crippen molar-refractivity contribution in [1.82, 2.24) is 15.5 Å². The summed E-state index contributed by atoms with van der Waals surface area (Å²) < 4.78 is 5.42. The molecular weight excluding hydrogens is 451 g/mol. The number of para-hydroxylation sites is 1. The summed E-state index contributed by atoms with van der Waals surface area (Å²) in [5, 5.41) is 6.80. The van der Waals surface area contributed by atoms with Crippen LogP contribution in [-0.4, -0.2) is 57.2 Å². The molecule has 5 nitrogen and oxygen atoms in total. The van der Waals surface area contributed by atoms with E-state index < -0.39 is 0 Å². The molecule has 1 fully saturated rings. The van der Waals surface area contributed by atoms with Gasteiger partial charge in [0, 0.05) is 19.6 Å². The normalized spacial score (nSPS) is 15.9. The summed E-state index contributed by atoms with van der Waals surface area (Å²) >= 11 is 0. The number of methoxy groups -OCH3 is 1. The van der Waals surface area contributed by atoms with E-state index in [1.807, 2.05) is 12.1 Å². The standard InChI is InChI=1S/C21H36N4O.HI/c1-4-22-21(23-14-10-18-12-16-25(5-2)17-13-18)24-15-11-19-8-6-7-9-20(19)26-3;/h6-9,18H,4-5,10-17H2,1-3H3,(H2,22,23,24);1H. The number of nitrogens with zero attached hydrogens (tertiary/aromatic N) is 2. The number of hydrogen-bond acceptors (Lipinski definition) is 3. The Hall–Kier alpha value is -1.02. The molecule has 1 saturated heterocycles. The number of ether oxygens (including phenoxy) is 1. The molecule has 0 aliphatic carbocycles. The zero-order valence-corrected chi connectivity index (χ0v) is 19.5. The summed E-state index contributed by atoms with van der Waals surface area (Å²) in [6.07, 6.45) is 4.76. The third-order valence-electron chi connectivity index (χ3n) is 5.19. The van der Waals surface area contributed by atoms with Gasteiger partial charge in [-0.2, -0.15) is 0 Å². The Morgan fingerprint density at radius 1 is 1.19 bits per heavy atom. The molecule has 27 heavy (non-hydrogen) atoms. The van der Waals surface area contributed by atoms with Crippen LogP contribution < -0.4 is 15.4 Å². The van der Waals surface area contributed by atoms with Crippen LogP contribution in [0.15, 0.2) is 29.3 Å². The van der Waals surface area contributed by atoms with Crippen LogP contribution in [0, 0.1) is 5.92 Å². The summed E-state index contributed by atoms with van der Waals surface area (Å²) in [6.45, 7) is 10.7. The van der Waals surface area contributed by atoms with Crippen LogP contribution >= 0.6 is 24.0 Å². The highest BCUT2D eigenvalue weighted by molar-refractivity contribution is 14.0. The highest BCUT2D eigenvalue weighted by Crippen LogP contribution is 2.20. The lowest BCUT2D eigenvalue weighted by molar-refractivity contribution is 0.188. The fraction of sp³-hybridized carbons (Fsp3) is 0.667. The first-order chi connectivity index (χ1) is 12.8. The first-order valence-electron chi connectivity index (χ1n) is 10.1. The number of benzene rings is 1. The number of hydrogen-bond donors (Lipinski definition) is 2. The van der Waals surface area contributed by atoms with Crippen LogP contribution in [0.2, 0.25) is 0 Å². The van der Waals surface area contributed by atoms with Gasteiger partial charge in [-0.15, -0.1) is 24.0 Å². The van der Waals surface area contributed by atoms with E-state index in [0.29, 0.717) is 0 Å². The van der Waals surface area contributed by atoms with E-state index in [1.54, 1.807) is 7.11 Å². The van der Waals surface area contributed by atoms with Crippen LogP contribution in [0.4, 0.5) is 0 Å². The van der Waals surface area contributed by atoms with Gasteiger partial charge in [-0.3, -0.25) is 4.99 Å². The van der Waals surface area contributed by atoms with Crippen molar-refractivity contribution in [3.63, 3.8) is 0 Å². The molecule has 2 N–H and O–H groups in total. The van der Waals surface area contributed by atoms with Crippen molar-refractivity contribution >= 4 is 29.9 Å². The van der Waals surface area contributed by atoms with Gasteiger partial charge in [0.1, 0.15) is 5.75 Å². The lowest BCUT2D eigenvalue weighted by Gasteiger charge is -2.30. The molecule has 1 heterocycles. The SMILES string of the molecule is CCNC(=NCCC1CCN(CC)CC1)NCCc1ccccc1OC.I. The van der Waals surface area contributed by atoms with E-state index in [9.17, 15) is 0 Å². The number of aliphatic imine (C=N–C) groups is 1. The van der Waals surface area contributed by atoms with Crippen LogP contribution in [0.5, 0.6) is 5.75 Å². The molecule has 0 saturated carbocycles. The van der Waals surface area contributed by atoms with Gasteiger partial charge in [0.15, 0.2) is 5.96 Å². The second kappa shape index (κ2) is 14.0. The lowest BCUT2D eigenvalue weighted by Crippen LogP contribution is -2.38. The maximum absolute atomic E-state index is 5.42. The highest BCUT2D eigenvalue weighted by Gasteiger charge is 2.17. The number of halogens is 1. The molecule has 1 aromatic rings. The second-order valence-corrected chi connectivity index (χ2v) is 6.92. The van der Waals surface area contributed by atoms with E-state index in [2.05, 4.69) is 41.5 Å². The molecule has 6 heteroatoms. The minimum absolute atomic E-state index is 0. The summed E-state index contributed by atoms with van der Waals surface area (Å²) in [6, 6.07) is 8.19. The molecule has 0 bridgehead atoms. The summed E-state index contributed by atoms with van der Waals surface area (Å²) in [7, 11) is 1.72. The largest absolute Gasteiger partial charge is 0.496 e. The first-order valence-corrected chi connectivity index (χ1v) is 10.1. The Labute approximate surface area is 182 Å². The molecular formula is C21H37IN4O. The van der Waals surface area contributed by atoms with Gasteiger partial charge >= 0.3 is 0 Å². The number of likely N-dealkylation sites (tertiary alicyclic amines) is 1. The van der Waals surface area contributed by atoms with Gasteiger partial charge < -0.3 is 20.3 Å². The van der Waals surface area contributed by atoms with Crippen molar-refractivity contribution in [2.45, 2.75) is 39.5 Å². The Bertz CT molecular complexity index is 545. The predicted octanol–water partition coefficient (Wildman–Crippen LogP) is 3.53. The smallest absolute Gasteiger partial charge is 0.191 e. The number of piperidine rings is 1. The molecule has 1 aromatic carbocycles. The van der Waals surface area contributed by atoms with Gasteiger partial charge in [-0.25, -0.2) is 0 Å². The Kier molecular flexibility index (Phi) is 12.5. The lowest BCUT2D eigenvalue weighted by atomic mass is 9.94. The average Bonchev–Trinajstić information content (AvgIpc) is 2.69. The van der Waals surface area contributed by atoms with Crippen molar-refractivity contribution < 1.29 is 4.74 Å². The number of guanidine groups is 1. The van der Waals surface area contributed by atoms with E-state index >= 15 is 0 Å². The molecule has 2 rings (SSSR count). The minimum atomic E-state index is 0. The number of nitrogens with one attached hydrogen (secondary N) is 2. The zero-order valence-electron chi connectivity index (χ0n) is 17.2. The Morgan fingerprint density at radius 2 is 1.93 bits per heavy atom. The number of rotatable bonds is 9. The predicted molar refractivity (Wildman–Crippen MR) is 126 cm³/mol. The molecule has 0 radical (unpaired) electrons. The van der Waals surface area contributed by atoms with Gasteiger partial charge in [-0.05, 0) is 69.8 Å². The third kappa shape index (κ3) is 8.68. The highest BCUT2D eigenvalue weighted by atomic mass is 127.